The van der Waals surface area contributed by atoms with Crippen LogP contribution >= 0.6 is 0 Å². The van der Waals surface area contributed by atoms with Gasteiger partial charge in [0.15, 0.2) is 6.10 Å². The Bertz CT molecular complexity index is 571. The molecule has 0 unspecified atom stereocenters. The van der Waals surface area contributed by atoms with Crippen LogP contribution < -0.4 is 0 Å². The average Bonchev–Trinajstić information content (AvgIpc) is 3.28. The van der Waals surface area contributed by atoms with Crippen LogP contribution in [0.25, 0.3) is 0 Å². The Hall–Kier alpha value is -1.01. The van der Waals surface area contributed by atoms with Crippen molar-refractivity contribution in [2.75, 3.05) is 6.61 Å². The lowest BCUT2D eigenvalue weighted by Gasteiger charge is -2.46. The molecule has 176 valence electrons. The van der Waals surface area contributed by atoms with Gasteiger partial charge in [-0.2, -0.15) is 0 Å². The van der Waals surface area contributed by atoms with Gasteiger partial charge in [-0.05, 0) is 57.3 Å². The van der Waals surface area contributed by atoms with Crippen LogP contribution in [0.15, 0.2) is 0 Å². The van der Waals surface area contributed by atoms with Gasteiger partial charge >= 0.3 is 5.97 Å². The number of carbonyl (C=O) groups is 1. The fourth-order valence-electron chi connectivity index (χ4n) is 6.12. The van der Waals surface area contributed by atoms with Gasteiger partial charge in [0.05, 0.1) is 5.92 Å². The largest absolute Gasteiger partial charge is 0.457 e. The lowest BCUT2D eigenvalue weighted by atomic mass is 9.67. The normalized spacial score (nSPS) is 25.7. The number of hydrogen-bond acceptors (Lipinski definition) is 3. The topological polar surface area (TPSA) is 35.5 Å². The van der Waals surface area contributed by atoms with Gasteiger partial charge in [0.1, 0.15) is 5.60 Å². The maximum atomic E-state index is 13.3. The van der Waals surface area contributed by atoms with E-state index >= 15 is 0 Å². The number of rotatable bonds is 9. The van der Waals surface area contributed by atoms with Crippen LogP contribution in [0.4, 0.5) is 0 Å². The van der Waals surface area contributed by atoms with Crippen LogP contribution in [0.3, 0.4) is 0 Å². The second-order valence-electron chi connectivity index (χ2n) is 10.4. The zero-order chi connectivity index (χ0) is 21.9. The fourth-order valence-corrected chi connectivity index (χ4v) is 6.12. The zero-order valence-corrected chi connectivity index (χ0v) is 20.3. The third-order valence-electron chi connectivity index (χ3n) is 8.17. The van der Waals surface area contributed by atoms with Crippen LogP contribution in [0, 0.1) is 29.6 Å². The highest BCUT2D eigenvalue weighted by Crippen LogP contribution is 2.45. The van der Waals surface area contributed by atoms with Crippen molar-refractivity contribution in [3.05, 3.63) is 0 Å². The first-order valence-electron chi connectivity index (χ1n) is 13.5. The van der Waals surface area contributed by atoms with Gasteiger partial charge in [0.2, 0.25) is 0 Å². The molecule has 0 spiro atoms. The molecule has 0 N–H and O–H groups in total. The molecular weight excluding hydrogens is 384 g/mol. The summed E-state index contributed by atoms with van der Waals surface area (Å²) in [7, 11) is 0. The first-order valence-corrected chi connectivity index (χ1v) is 13.5. The lowest BCUT2D eigenvalue weighted by Crippen LogP contribution is -2.50. The Labute approximate surface area is 191 Å². The summed E-state index contributed by atoms with van der Waals surface area (Å²) in [5.41, 5.74) is -0.332. The first-order chi connectivity index (χ1) is 15.1. The maximum absolute atomic E-state index is 13.3. The summed E-state index contributed by atoms with van der Waals surface area (Å²) in [4.78, 5) is 13.3. The molecule has 0 aromatic rings. The molecule has 2 aliphatic carbocycles. The van der Waals surface area contributed by atoms with E-state index in [1.165, 1.54) is 89.9 Å². The van der Waals surface area contributed by atoms with Gasteiger partial charge in [-0.1, -0.05) is 77.1 Å². The molecule has 3 rings (SSSR count). The van der Waals surface area contributed by atoms with Gasteiger partial charge in [-0.15, -0.1) is 5.92 Å². The minimum Gasteiger partial charge on any atom is -0.457 e. The molecule has 0 aromatic heterocycles. The third-order valence-corrected chi connectivity index (χ3v) is 8.17. The summed E-state index contributed by atoms with van der Waals surface area (Å²) >= 11 is 0. The Kier molecular flexibility index (Phi) is 10.2. The SMILES string of the molecule is CCCCCCCC#C[C@H]1CCO[C@H]1C(=O)OC(C)(C1CCCCC1)C1CCCCC1. The van der Waals surface area contributed by atoms with Crippen LogP contribution in [0.2, 0.25) is 0 Å². The minimum atomic E-state index is -0.487. The van der Waals surface area contributed by atoms with E-state index in [1.54, 1.807) is 0 Å². The van der Waals surface area contributed by atoms with Gasteiger partial charge in [0.25, 0.3) is 0 Å². The van der Waals surface area contributed by atoms with Gasteiger partial charge in [-0.3, -0.25) is 0 Å². The molecule has 1 aliphatic heterocycles. The second-order valence-corrected chi connectivity index (χ2v) is 10.4. The van der Waals surface area contributed by atoms with E-state index in [-0.39, 0.29) is 17.5 Å². The molecular formula is C28H46O3. The highest BCUT2D eigenvalue weighted by molar-refractivity contribution is 5.76. The van der Waals surface area contributed by atoms with Crippen LogP contribution in [0.5, 0.6) is 0 Å². The van der Waals surface area contributed by atoms with Crippen molar-refractivity contribution >= 4 is 5.97 Å². The average molecular weight is 431 g/mol. The van der Waals surface area contributed by atoms with E-state index in [0.29, 0.717) is 18.4 Å². The number of hydrogen-bond donors (Lipinski definition) is 0. The Morgan fingerprint density at radius 3 is 2.13 bits per heavy atom. The van der Waals surface area contributed by atoms with E-state index in [2.05, 4.69) is 25.7 Å². The number of carbonyl (C=O) groups excluding carboxylic acids is 1. The Morgan fingerprint density at radius 1 is 0.903 bits per heavy atom. The minimum absolute atomic E-state index is 0.00473. The first kappa shape index (κ1) is 24.6. The molecule has 2 saturated carbocycles. The van der Waals surface area contributed by atoms with E-state index in [1.807, 2.05) is 0 Å². The van der Waals surface area contributed by atoms with Gasteiger partial charge in [-0.25, -0.2) is 4.79 Å². The maximum Gasteiger partial charge on any atom is 0.337 e. The molecule has 31 heavy (non-hydrogen) atoms. The summed E-state index contributed by atoms with van der Waals surface area (Å²) in [5.74, 6) is 7.58. The molecule has 0 bridgehead atoms. The molecule has 3 fully saturated rings. The second kappa shape index (κ2) is 12.9. The quantitative estimate of drug-likeness (QED) is 0.220. The molecule has 3 aliphatic rings. The van der Waals surface area contributed by atoms with Gasteiger partial charge in [0, 0.05) is 13.0 Å². The summed E-state index contributed by atoms with van der Waals surface area (Å²) < 4.78 is 12.4. The molecule has 1 heterocycles. The molecule has 3 nitrogen and oxygen atoms in total. The number of unbranched alkanes of at least 4 members (excludes halogenated alkanes) is 5. The van der Waals surface area contributed by atoms with E-state index < -0.39 is 6.10 Å². The molecule has 0 radical (unpaired) electrons. The predicted molar refractivity (Wildman–Crippen MR) is 127 cm³/mol. The Morgan fingerprint density at radius 2 is 1.52 bits per heavy atom. The fraction of sp³-hybridized carbons (Fsp3) is 0.893. The van der Waals surface area contributed by atoms with Crippen LogP contribution in [-0.4, -0.2) is 24.3 Å². The summed E-state index contributed by atoms with van der Waals surface area (Å²) in [6.45, 7) is 5.12. The Balaban J connectivity index is 1.59. The van der Waals surface area contributed by atoms with E-state index in [0.717, 1.165) is 19.3 Å². The summed E-state index contributed by atoms with van der Waals surface area (Å²) in [5, 5.41) is 0. The lowest BCUT2D eigenvalue weighted by molar-refractivity contribution is -0.187. The van der Waals surface area contributed by atoms with Crippen molar-refractivity contribution in [3.63, 3.8) is 0 Å². The molecule has 0 aromatic carbocycles. The molecule has 2 atom stereocenters. The van der Waals surface area contributed by atoms with Crippen molar-refractivity contribution in [2.45, 2.75) is 135 Å². The van der Waals surface area contributed by atoms with Gasteiger partial charge < -0.3 is 9.47 Å². The highest BCUT2D eigenvalue weighted by atomic mass is 16.6. The van der Waals surface area contributed by atoms with Crippen molar-refractivity contribution in [3.8, 4) is 11.8 Å². The number of esters is 1. The summed E-state index contributed by atoms with van der Waals surface area (Å²) in [6, 6.07) is 0. The zero-order valence-electron chi connectivity index (χ0n) is 20.3. The van der Waals surface area contributed by atoms with Crippen molar-refractivity contribution in [1.29, 1.82) is 0 Å². The molecule has 1 saturated heterocycles. The molecule has 3 heteroatoms. The van der Waals surface area contributed by atoms with E-state index in [4.69, 9.17) is 9.47 Å². The third kappa shape index (κ3) is 6.98. The predicted octanol–water partition coefficient (Wildman–Crippen LogP) is 7.22. The number of ether oxygens (including phenoxy) is 2. The van der Waals surface area contributed by atoms with Crippen LogP contribution in [0.1, 0.15) is 123 Å². The van der Waals surface area contributed by atoms with E-state index in [9.17, 15) is 4.79 Å². The monoisotopic (exact) mass is 430 g/mol. The summed E-state index contributed by atoms with van der Waals surface area (Å²) in [6.07, 6.45) is 20.2. The highest BCUT2D eigenvalue weighted by Gasteiger charge is 2.47. The molecule has 0 amide bonds. The van der Waals surface area contributed by atoms with Crippen LogP contribution in [-0.2, 0) is 14.3 Å². The smallest absolute Gasteiger partial charge is 0.337 e. The van der Waals surface area contributed by atoms with Crippen molar-refractivity contribution in [2.24, 2.45) is 17.8 Å². The van der Waals surface area contributed by atoms with Crippen molar-refractivity contribution in [1.82, 2.24) is 0 Å². The van der Waals surface area contributed by atoms with Crippen molar-refractivity contribution < 1.29 is 14.3 Å². The standard InChI is InChI=1S/C28H46O3/c1-3-4-5-6-7-8-11-16-23-21-22-30-26(23)27(29)31-28(2,24-17-12-9-13-18-24)25-19-14-10-15-20-25/h23-26H,3-10,12-15,17-22H2,1-2H3/t23-,26+/m0/s1.